The molecule has 0 radical (unpaired) electrons. The van der Waals surface area contributed by atoms with Crippen molar-refractivity contribution in [2.75, 3.05) is 6.61 Å². The highest BCUT2D eigenvalue weighted by atomic mass is 28.4. The second-order valence-corrected chi connectivity index (χ2v) is 12.8. The average Bonchev–Trinajstić information content (AvgIpc) is 2.83. The van der Waals surface area contributed by atoms with Crippen LogP contribution in [-0.2, 0) is 13.9 Å². The summed E-state index contributed by atoms with van der Waals surface area (Å²) >= 11 is 0. The normalized spacial score (nSPS) is 28.1. The number of aromatic nitrogens is 2. The number of H-pyrrole nitrogens is 1. The largest absolute Gasteiger partial charge is 0.410 e. The Morgan fingerprint density at radius 3 is 2.31 bits per heavy atom. The summed E-state index contributed by atoms with van der Waals surface area (Å²) in [5.41, 5.74) is -3.15. The lowest BCUT2D eigenvalue weighted by Crippen LogP contribution is -2.56. The number of aromatic amines is 1. The van der Waals surface area contributed by atoms with Crippen LogP contribution in [0.4, 0.5) is 0 Å². The molecular weight excluding hydrogens is 396 g/mol. The fourth-order valence-electron chi connectivity index (χ4n) is 3.60. The Morgan fingerprint density at radius 1 is 1.24 bits per heavy atom. The van der Waals surface area contributed by atoms with Gasteiger partial charge in [-0.05, 0) is 31.9 Å². The summed E-state index contributed by atoms with van der Waals surface area (Å²) in [4.78, 5) is 37.2. The van der Waals surface area contributed by atoms with E-state index in [1.807, 2.05) is 41.5 Å². The van der Waals surface area contributed by atoms with Crippen molar-refractivity contribution in [3.8, 4) is 0 Å². The second-order valence-electron chi connectivity index (χ2n) is 8.75. The van der Waals surface area contributed by atoms with Crippen molar-refractivity contribution in [3.63, 3.8) is 0 Å². The Labute approximate surface area is 171 Å². The summed E-state index contributed by atoms with van der Waals surface area (Å²) in [6.45, 7) is 12.9. The number of ether oxygens (including phenoxy) is 2. The van der Waals surface area contributed by atoms with Crippen LogP contribution in [0, 0.1) is 0 Å². The fourth-order valence-corrected chi connectivity index (χ4v) is 6.28. The zero-order valence-electron chi connectivity index (χ0n) is 18.2. The summed E-state index contributed by atoms with van der Waals surface area (Å²) in [7, 11) is -3.25. The molecule has 0 aromatic carbocycles. The van der Waals surface area contributed by atoms with Gasteiger partial charge in [0, 0.05) is 12.3 Å². The van der Waals surface area contributed by atoms with Gasteiger partial charge in [-0.25, -0.2) is 4.79 Å². The monoisotopic (exact) mass is 430 g/mol. The van der Waals surface area contributed by atoms with Gasteiger partial charge in [0.25, 0.3) is 5.56 Å². The van der Waals surface area contributed by atoms with Gasteiger partial charge >= 0.3 is 14.3 Å². The van der Waals surface area contributed by atoms with Crippen LogP contribution in [-0.4, -0.2) is 58.5 Å². The maximum atomic E-state index is 12.3. The first-order valence-electron chi connectivity index (χ1n) is 10.0. The van der Waals surface area contributed by atoms with Gasteiger partial charge in [0.2, 0.25) is 0 Å². The first-order valence-corrected chi connectivity index (χ1v) is 12.0. The van der Waals surface area contributed by atoms with Gasteiger partial charge in [-0.2, -0.15) is 0 Å². The lowest BCUT2D eigenvalue weighted by molar-refractivity contribution is -0.102. The number of rotatable bonds is 8. The van der Waals surface area contributed by atoms with Gasteiger partial charge in [0.1, 0.15) is 17.8 Å². The van der Waals surface area contributed by atoms with E-state index in [4.69, 9.17) is 13.9 Å². The third-order valence-electron chi connectivity index (χ3n) is 5.39. The summed E-state index contributed by atoms with van der Waals surface area (Å²) in [5, 5.41) is 11.4. The Hall–Kier alpha value is -1.30. The predicted molar refractivity (Wildman–Crippen MR) is 110 cm³/mol. The molecule has 29 heavy (non-hydrogen) atoms. The van der Waals surface area contributed by atoms with E-state index < -0.39 is 43.8 Å². The van der Waals surface area contributed by atoms with Crippen LogP contribution < -0.4 is 11.2 Å². The molecular formula is C19H34N2O7Si. The molecule has 0 bridgehead atoms. The van der Waals surface area contributed by atoms with Crippen LogP contribution in [0.2, 0.25) is 11.1 Å². The Balaban J connectivity index is 2.46. The summed E-state index contributed by atoms with van der Waals surface area (Å²) < 4.78 is 19.1. The smallest absolute Gasteiger partial charge is 0.341 e. The van der Waals surface area contributed by atoms with E-state index in [1.54, 1.807) is 0 Å². The highest BCUT2D eigenvalue weighted by Crippen LogP contribution is 2.43. The van der Waals surface area contributed by atoms with Crippen LogP contribution in [0.3, 0.4) is 0 Å². The van der Waals surface area contributed by atoms with E-state index in [-0.39, 0.29) is 23.8 Å². The SMILES string of the molecule is CC(C)OC[C@H]1O[C@@H](n2ccc(=O)[nH]c2=O)[C@](C)(O)[C@@H]1O[Si](O)(C(C)C)C(C)C. The van der Waals surface area contributed by atoms with Crippen LogP contribution in [0.5, 0.6) is 0 Å². The van der Waals surface area contributed by atoms with Crippen LogP contribution >= 0.6 is 0 Å². The van der Waals surface area contributed by atoms with E-state index in [2.05, 4.69) is 4.98 Å². The van der Waals surface area contributed by atoms with Gasteiger partial charge in [-0.3, -0.25) is 14.3 Å². The molecule has 0 amide bonds. The zero-order valence-corrected chi connectivity index (χ0v) is 19.2. The van der Waals surface area contributed by atoms with Gasteiger partial charge in [0.05, 0.1) is 12.7 Å². The molecule has 2 heterocycles. The topological polar surface area (TPSA) is 123 Å². The third-order valence-corrected chi connectivity index (χ3v) is 9.33. The fraction of sp³-hybridized carbons (Fsp3) is 0.789. The number of hydrogen-bond donors (Lipinski definition) is 3. The lowest BCUT2D eigenvalue weighted by atomic mass is 9.96. The minimum Gasteiger partial charge on any atom is -0.410 e. The van der Waals surface area contributed by atoms with E-state index in [0.29, 0.717) is 0 Å². The van der Waals surface area contributed by atoms with Crippen LogP contribution in [0.15, 0.2) is 21.9 Å². The number of aliphatic hydroxyl groups is 1. The molecule has 1 saturated heterocycles. The maximum Gasteiger partial charge on any atom is 0.341 e. The highest BCUT2D eigenvalue weighted by Gasteiger charge is 2.58. The standard InChI is InChI=1S/C19H34N2O7Si/c1-11(2)26-10-14-16(28-29(25,12(3)4)13(5)6)19(7,24)17(27-14)21-9-8-15(22)20-18(21)23/h8-9,11-14,16-17,24-25H,10H2,1-7H3,(H,20,22,23)/t14-,16-,17-,19-/m1/s1. The molecule has 10 heteroatoms. The Morgan fingerprint density at radius 2 is 1.83 bits per heavy atom. The molecule has 1 aliphatic rings. The molecule has 1 fully saturated rings. The van der Waals surface area contributed by atoms with Crippen molar-refractivity contribution in [3.05, 3.63) is 33.1 Å². The summed E-state index contributed by atoms with van der Waals surface area (Å²) in [6.07, 6.45) is -1.56. The first kappa shape index (κ1) is 24.0. The van der Waals surface area contributed by atoms with Crippen molar-refractivity contribution >= 4 is 8.56 Å². The summed E-state index contributed by atoms with van der Waals surface area (Å²) in [5.74, 6) is 0. The van der Waals surface area contributed by atoms with E-state index in [0.717, 1.165) is 4.57 Å². The molecule has 0 unspecified atom stereocenters. The van der Waals surface area contributed by atoms with Crippen molar-refractivity contribution < 1.29 is 23.8 Å². The molecule has 1 aromatic rings. The molecule has 9 nitrogen and oxygen atoms in total. The van der Waals surface area contributed by atoms with E-state index >= 15 is 0 Å². The Kier molecular flexibility index (Phi) is 7.29. The molecule has 4 atom stereocenters. The minimum atomic E-state index is -3.25. The maximum absolute atomic E-state index is 12.3. The predicted octanol–water partition coefficient (Wildman–Crippen LogP) is 1.25. The molecule has 2 rings (SSSR count). The Bertz CT molecular complexity index is 794. The second kappa shape index (κ2) is 8.82. The van der Waals surface area contributed by atoms with Crippen molar-refractivity contribution in [1.29, 1.82) is 0 Å². The number of nitrogens with one attached hydrogen (secondary N) is 1. The van der Waals surface area contributed by atoms with Gasteiger partial charge in [-0.15, -0.1) is 0 Å². The van der Waals surface area contributed by atoms with Crippen molar-refractivity contribution in [2.24, 2.45) is 0 Å². The van der Waals surface area contributed by atoms with Crippen LogP contribution in [0.1, 0.15) is 54.7 Å². The molecule has 1 aromatic heterocycles. The van der Waals surface area contributed by atoms with Gasteiger partial charge < -0.3 is 23.8 Å². The third kappa shape index (κ3) is 4.89. The first-order chi connectivity index (χ1) is 13.3. The van der Waals surface area contributed by atoms with E-state index in [9.17, 15) is 19.5 Å². The highest BCUT2D eigenvalue weighted by molar-refractivity contribution is 6.68. The molecule has 0 aliphatic carbocycles. The molecule has 166 valence electrons. The molecule has 3 N–H and O–H groups in total. The van der Waals surface area contributed by atoms with Gasteiger partial charge in [-0.1, -0.05) is 27.7 Å². The van der Waals surface area contributed by atoms with Crippen molar-refractivity contribution in [1.82, 2.24) is 9.55 Å². The van der Waals surface area contributed by atoms with Crippen LogP contribution in [0.25, 0.3) is 0 Å². The minimum absolute atomic E-state index is 0.0784. The lowest BCUT2D eigenvalue weighted by Gasteiger charge is -2.40. The quantitative estimate of drug-likeness (QED) is 0.530. The molecule has 1 aliphatic heterocycles. The summed E-state index contributed by atoms with van der Waals surface area (Å²) in [6, 6.07) is 1.18. The zero-order chi connectivity index (χ0) is 22.1. The molecule has 0 saturated carbocycles. The number of nitrogens with zero attached hydrogens (tertiary/aromatic N) is 1. The van der Waals surface area contributed by atoms with E-state index in [1.165, 1.54) is 19.2 Å². The average molecular weight is 431 g/mol. The number of hydrogen-bond acceptors (Lipinski definition) is 7. The van der Waals surface area contributed by atoms with Crippen molar-refractivity contribution in [2.45, 2.75) is 89.7 Å². The molecule has 0 spiro atoms. The van der Waals surface area contributed by atoms with Gasteiger partial charge in [0.15, 0.2) is 6.23 Å².